The first kappa shape index (κ1) is 12.3. The summed E-state index contributed by atoms with van der Waals surface area (Å²) in [5, 5.41) is 16.6. The van der Waals surface area contributed by atoms with E-state index in [2.05, 4.69) is 4.72 Å². The first-order valence-electron chi connectivity index (χ1n) is 3.78. The summed E-state index contributed by atoms with van der Waals surface area (Å²) in [7, 11) is -3.49. The molecule has 0 radical (unpaired) electrons. The molecule has 0 spiro atoms. The van der Waals surface area contributed by atoms with Crippen molar-refractivity contribution in [2.45, 2.75) is 12.8 Å². The van der Waals surface area contributed by atoms with E-state index in [-0.39, 0.29) is 13.2 Å². The number of sulfonamides is 1. The predicted molar refractivity (Wildman–Crippen MR) is 45.7 cm³/mol. The van der Waals surface area contributed by atoms with Crippen molar-refractivity contribution in [1.29, 1.82) is 0 Å². The van der Waals surface area contributed by atoms with Crippen LogP contribution in [0.15, 0.2) is 0 Å². The molecule has 0 aliphatic rings. The van der Waals surface area contributed by atoms with Crippen LogP contribution in [0.4, 0.5) is 0 Å². The number of carboxylic acid groups (broad SMARTS) is 1. The average Bonchev–Trinajstić information content (AvgIpc) is 2.02. The highest BCUT2D eigenvalue weighted by Crippen LogP contribution is 1.89. The zero-order valence-corrected chi connectivity index (χ0v) is 7.88. The Morgan fingerprint density at radius 3 is 2.46 bits per heavy atom. The van der Waals surface area contributed by atoms with Crippen LogP contribution in [0.1, 0.15) is 12.8 Å². The van der Waals surface area contributed by atoms with Crippen LogP contribution in [0, 0.1) is 0 Å². The number of aliphatic hydroxyl groups is 1. The van der Waals surface area contributed by atoms with Gasteiger partial charge in [-0.25, -0.2) is 13.1 Å². The molecule has 0 bridgehead atoms. The quantitative estimate of drug-likeness (QED) is 0.457. The van der Waals surface area contributed by atoms with Crippen molar-refractivity contribution in [3.8, 4) is 0 Å². The van der Waals surface area contributed by atoms with Gasteiger partial charge in [-0.05, 0) is 6.42 Å². The third-order valence-electron chi connectivity index (χ3n) is 1.24. The van der Waals surface area contributed by atoms with Crippen LogP contribution >= 0.6 is 0 Å². The van der Waals surface area contributed by atoms with Gasteiger partial charge in [-0.1, -0.05) is 0 Å². The second-order valence-corrected chi connectivity index (χ2v) is 4.36. The molecular formula is C6H13NO5S. The summed E-state index contributed by atoms with van der Waals surface area (Å²) in [6, 6.07) is 0. The molecule has 0 aromatic rings. The number of aliphatic carboxylic acids is 1. The third kappa shape index (κ3) is 7.69. The molecule has 0 heterocycles. The van der Waals surface area contributed by atoms with Crippen molar-refractivity contribution < 1.29 is 23.4 Å². The van der Waals surface area contributed by atoms with E-state index in [1.54, 1.807) is 0 Å². The molecule has 78 valence electrons. The van der Waals surface area contributed by atoms with Crippen LogP contribution in [0.3, 0.4) is 0 Å². The van der Waals surface area contributed by atoms with Gasteiger partial charge in [0.1, 0.15) is 0 Å². The van der Waals surface area contributed by atoms with E-state index in [1.807, 2.05) is 0 Å². The maximum atomic E-state index is 11.0. The maximum Gasteiger partial charge on any atom is 0.304 e. The molecule has 0 unspecified atom stereocenters. The fourth-order valence-corrected chi connectivity index (χ4v) is 1.64. The molecule has 0 amide bonds. The lowest BCUT2D eigenvalue weighted by molar-refractivity contribution is -0.136. The number of rotatable bonds is 7. The molecule has 13 heavy (non-hydrogen) atoms. The standard InChI is InChI=1S/C6H13NO5S/c8-4-1-3-7-13(11,12)5-2-6(9)10/h7-8H,1-5H2,(H,9,10). The number of carbonyl (C=O) groups is 1. The molecule has 3 N–H and O–H groups in total. The van der Waals surface area contributed by atoms with Crippen LogP contribution in [0.2, 0.25) is 0 Å². The van der Waals surface area contributed by atoms with Gasteiger partial charge in [-0.3, -0.25) is 4.79 Å². The zero-order valence-electron chi connectivity index (χ0n) is 7.06. The minimum atomic E-state index is -3.49. The molecule has 0 aliphatic heterocycles. The molecule has 0 saturated carbocycles. The molecule has 0 aliphatic carbocycles. The smallest absolute Gasteiger partial charge is 0.304 e. The number of nitrogens with one attached hydrogen (secondary N) is 1. The summed E-state index contributed by atoms with van der Waals surface area (Å²) in [4.78, 5) is 10.0. The third-order valence-corrected chi connectivity index (χ3v) is 2.63. The number of hydrogen-bond donors (Lipinski definition) is 3. The van der Waals surface area contributed by atoms with Gasteiger partial charge in [-0.15, -0.1) is 0 Å². The number of aliphatic hydroxyl groups excluding tert-OH is 1. The summed E-state index contributed by atoms with van der Waals surface area (Å²) >= 11 is 0. The van der Waals surface area contributed by atoms with Gasteiger partial charge in [0.25, 0.3) is 0 Å². The Bertz CT molecular complexity index is 248. The van der Waals surface area contributed by atoms with Gasteiger partial charge < -0.3 is 10.2 Å². The van der Waals surface area contributed by atoms with Gasteiger partial charge in [0.05, 0.1) is 12.2 Å². The van der Waals surface area contributed by atoms with Crippen molar-refractivity contribution in [2.75, 3.05) is 18.9 Å². The fourth-order valence-electron chi connectivity index (χ4n) is 0.601. The van der Waals surface area contributed by atoms with Crippen LogP contribution < -0.4 is 4.72 Å². The van der Waals surface area contributed by atoms with Crippen molar-refractivity contribution in [3.63, 3.8) is 0 Å². The van der Waals surface area contributed by atoms with Crippen LogP contribution in [-0.2, 0) is 14.8 Å². The largest absolute Gasteiger partial charge is 0.481 e. The Morgan fingerprint density at radius 1 is 1.38 bits per heavy atom. The van der Waals surface area contributed by atoms with Crippen LogP contribution in [0.25, 0.3) is 0 Å². The highest BCUT2D eigenvalue weighted by atomic mass is 32.2. The Balaban J connectivity index is 3.74. The van der Waals surface area contributed by atoms with E-state index in [9.17, 15) is 13.2 Å². The van der Waals surface area contributed by atoms with E-state index in [0.717, 1.165) is 0 Å². The van der Waals surface area contributed by atoms with E-state index < -0.39 is 28.2 Å². The van der Waals surface area contributed by atoms with Crippen molar-refractivity contribution >= 4 is 16.0 Å². The molecule has 6 nitrogen and oxygen atoms in total. The summed E-state index contributed by atoms with van der Waals surface area (Å²) in [6.45, 7) is 0.0416. The topological polar surface area (TPSA) is 104 Å². The van der Waals surface area contributed by atoms with E-state index >= 15 is 0 Å². The number of hydrogen-bond acceptors (Lipinski definition) is 4. The van der Waals surface area contributed by atoms with Crippen molar-refractivity contribution in [1.82, 2.24) is 4.72 Å². The van der Waals surface area contributed by atoms with Gasteiger partial charge >= 0.3 is 5.97 Å². The Kier molecular flexibility index (Phi) is 5.60. The van der Waals surface area contributed by atoms with E-state index in [1.165, 1.54) is 0 Å². The second kappa shape index (κ2) is 5.90. The fraction of sp³-hybridized carbons (Fsp3) is 0.833. The zero-order chi connectivity index (χ0) is 10.3. The highest BCUT2D eigenvalue weighted by molar-refractivity contribution is 7.89. The first-order chi connectivity index (χ1) is 5.98. The molecular weight excluding hydrogens is 198 g/mol. The first-order valence-corrected chi connectivity index (χ1v) is 5.43. The summed E-state index contributed by atoms with van der Waals surface area (Å²) < 4.78 is 24.1. The van der Waals surface area contributed by atoms with Gasteiger partial charge in [0.15, 0.2) is 0 Å². The predicted octanol–water partition coefficient (Wildman–Crippen LogP) is -1.24. The van der Waals surface area contributed by atoms with Crippen molar-refractivity contribution in [2.24, 2.45) is 0 Å². The lowest BCUT2D eigenvalue weighted by atomic mass is 10.5. The molecule has 0 fully saturated rings. The maximum absolute atomic E-state index is 11.0. The number of carboxylic acids is 1. The second-order valence-electron chi connectivity index (χ2n) is 2.43. The van der Waals surface area contributed by atoms with Crippen LogP contribution in [0.5, 0.6) is 0 Å². The highest BCUT2D eigenvalue weighted by Gasteiger charge is 2.11. The van der Waals surface area contributed by atoms with Gasteiger partial charge in [0, 0.05) is 13.2 Å². The average molecular weight is 211 g/mol. The monoisotopic (exact) mass is 211 g/mol. The molecule has 0 aromatic carbocycles. The van der Waals surface area contributed by atoms with E-state index in [0.29, 0.717) is 6.42 Å². The lowest BCUT2D eigenvalue weighted by Gasteiger charge is -2.03. The van der Waals surface area contributed by atoms with E-state index in [4.69, 9.17) is 10.2 Å². The van der Waals surface area contributed by atoms with Crippen LogP contribution in [-0.4, -0.2) is 43.5 Å². The van der Waals surface area contributed by atoms with Crippen molar-refractivity contribution in [3.05, 3.63) is 0 Å². The molecule has 0 aromatic heterocycles. The molecule has 0 rings (SSSR count). The Labute approximate surface area is 76.6 Å². The summed E-state index contributed by atoms with van der Waals surface area (Å²) in [6.07, 6.45) is -0.0826. The lowest BCUT2D eigenvalue weighted by Crippen LogP contribution is -2.28. The summed E-state index contributed by atoms with van der Waals surface area (Å²) in [5.74, 6) is -1.57. The molecule has 0 atom stereocenters. The molecule has 7 heteroatoms. The Hall–Kier alpha value is -0.660. The minimum Gasteiger partial charge on any atom is -0.481 e. The normalized spacial score (nSPS) is 11.5. The Morgan fingerprint density at radius 2 is 2.00 bits per heavy atom. The molecule has 0 saturated heterocycles. The van der Waals surface area contributed by atoms with Gasteiger partial charge in [0.2, 0.25) is 10.0 Å². The minimum absolute atomic E-state index is 0.0958. The summed E-state index contributed by atoms with van der Waals surface area (Å²) in [5.41, 5.74) is 0. The van der Waals surface area contributed by atoms with Gasteiger partial charge in [-0.2, -0.15) is 0 Å². The SMILES string of the molecule is O=C(O)CCS(=O)(=O)NCCCO.